The van der Waals surface area contributed by atoms with Crippen LogP contribution in [0.4, 0.5) is 5.95 Å². The molecule has 2 unspecified atom stereocenters. The molecule has 1 aromatic heterocycles. The van der Waals surface area contributed by atoms with Crippen molar-refractivity contribution in [3.8, 4) is 6.07 Å². The maximum absolute atomic E-state index is 8.91. The maximum Gasteiger partial charge on any atom is 0.227 e. The zero-order chi connectivity index (χ0) is 12.4. The highest BCUT2D eigenvalue weighted by Crippen LogP contribution is 2.21. The lowest BCUT2D eigenvalue weighted by Gasteiger charge is -2.36. The van der Waals surface area contributed by atoms with Gasteiger partial charge in [-0.05, 0) is 32.8 Å². The normalized spacial score (nSPS) is 24.5. The number of nitrogens with zero attached hydrogens (tertiary/aromatic N) is 4. The summed E-state index contributed by atoms with van der Waals surface area (Å²) in [4.78, 5) is 10.8. The van der Waals surface area contributed by atoms with Gasteiger partial charge in [-0.1, -0.05) is 0 Å². The minimum absolute atomic E-state index is 0.265. The van der Waals surface area contributed by atoms with Crippen molar-refractivity contribution in [2.45, 2.75) is 38.8 Å². The fourth-order valence-electron chi connectivity index (χ4n) is 2.24. The summed E-state index contributed by atoms with van der Waals surface area (Å²) in [5.74, 6) is 0.654. The van der Waals surface area contributed by atoms with E-state index >= 15 is 0 Å². The van der Waals surface area contributed by atoms with Crippen LogP contribution in [0, 0.1) is 18.3 Å². The third-order valence-corrected chi connectivity index (χ3v) is 3.13. The molecule has 1 fully saturated rings. The van der Waals surface area contributed by atoms with E-state index in [0.717, 1.165) is 25.1 Å². The van der Waals surface area contributed by atoms with Gasteiger partial charge in [0.15, 0.2) is 0 Å². The molecule has 5 heteroatoms. The average Bonchev–Trinajstić information content (AvgIpc) is 2.28. The van der Waals surface area contributed by atoms with Gasteiger partial charge in [-0.3, -0.25) is 0 Å². The van der Waals surface area contributed by atoms with E-state index in [-0.39, 0.29) is 6.04 Å². The number of aromatic nitrogens is 2. The first kappa shape index (κ1) is 11.8. The highest BCUT2D eigenvalue weighted by atomic mass is 15.3. The summed E-state index contributed by atoms with van der Waals surface area (Å²) >= 11 is 0. The second-order valence-electron chi connectivity index (χ2n) is 4.63. The lowest BCUT2D eigenvalue weighted by molar-refractivity contribution is 0.424. The average molecular weight is 231 g/mol. The molecule has 0 bridgehead atoms. The van der Waals surface area contributed by atoms with E-state index in [4.69, 9.17) is 11.0 Å². The Kier molecular flexibility index (Phi) is 3.25. The van der Waals surface area contributed by atoms with Crippen LogP contribution in [0.3, 0.4) is 0 Å². The molecule has 90 valence electrons. The van der Waals surface area contributed by atoms with Crippen LogP contribution in [-0.4, -0.2) is 28.6 Å². The number of nitrogens with two attached hydrogens (primary N) is 1. The number of nitriles is 1. The Hall–Kier alpha value is -1.67. The predicted octanol–water partition coefficient (Wildman–Crippen LogP) is 0.973. The third kappa shape index (κ3) is 2.53. The molecule has 1 saturated heterocycles. The summed E-state index contributed by atoms with van der Waals surface area (Å²) < 4.78 is 0. The molecule has 0 spiro atoms. The van der Waals surface area contributed by atoms with Crippen molar-refractivity contribution in [3.05, 3.63) is 17.5 Å². The molecule has 2 rings (SSSR count). The Morgan fingerprint density at radius 3 is 2.94 bits per heavy atom. The standard InChI is InChI=1S/C12H17N5/c1-8-5-11(7-13)16-12(15-8)17-4-3-10(14)6-9(17)2/h5,9-10H,3-4,6,14H2,1-2H3. The van der Waals surface area contributed by atoms with Crippen molar-refractivity contribution in [3.63, 3.8) is 0 Å². The molecule has 1 aromatic rings. The van der Waals surface area contributed by atoms with Gasteiger partial charge in [-0.15, -0.1) is 0 Å². The first-order valence-electron chi connectivity index (χ1n) is 5.88. The third-order valence-electron chi connectivity index (χ3n) is 3.13. The Morgan fingerprint density at radius 1 is 1.53 bits per heavy atom. The maximum atomic E-state index is 8.91. The quantitative estimate of drug-likeness (QED) is 0.779. The van der Waals surface area contributed by atoms with Gasteiger partial charge in [0.05, 0.1) is 0 Å². The van der Waals surface area contributed by atoms with Crippen LogP contribution in [0.25, 0.3) is 0 Å². The topological polar surface area (TPSA) is 78.8 Å². The van der Waals surface area contributed by atoms with Crippen LogP contribution in [-0.2, 0) is 0 Å². The summed E-state index contributed by atoms with van der Waals surface area (Å²) in [6.45, 7) is 4.86. The van der Waals surface area contributed by atoms with Gasteiger partial charge < -0.3 is 10.6 Å². The molecule has 1 aliphatic heterocycles. The molecule has 5 nitrogen and oxygen atoms in total. The summed E-state index contributed by atoms with van der Waals surface area (Å²) in [5, 5.41) is 8.91. The Morgan fingerprint density at radius 2 is 2.29 bits per heavy atom. The second-order valence-corrected chi connectivity index (χ2v) is 4.63. The van der Waals surface area contributed by atoms with Gasteiger partial charge in [-0.2, -0.15) is 5.26 Å². The SMILES string of the molecule is Cc1cc(C#N)nc(N2CCC(N)CC2C)n1. The van der Waals surface area contributed by atoms with Crippen molar-refractivity contribution in [1.82, 2.24) is 9.97 Å². The van der Waals surface area contributed by atoms with Crippen LogP contribution in [0.1, 0.15) is 31.2 Å². The zero-order valence-electron chi connectivity index (χ0n) is 10.2. The number of piperidine rings is 1. The van der Waals surface area contributed by atoms with Gasteiger partial charge >= 0.3 is 0 Å². The second kappa shape index (κ2) is 4.68. The first-order valence-corrected chi connectivity index (χ1v) is 5.88. The molecule has 0 saturated carbocycles. The highest BCUT2D eigenvalue weighted by molar-refractivity contribution is 5.37. The number of hydrogen-bond acceptors (Lipinski definition) is 5. The molecule has 0 amide bonds. The summed E-state index contributed by atoms with van der Waals surface area (Å²) in [6, 6.07) is 4.36. The molecular weight excluding hydrogens is 214 g/mol. The van der Waals surface area contributed by atoms with Gasteiger partial charge in [-0.25, -0.2) is 9.97 Å². The largest absolute Gasteiger partial charge is 0.338 e. The van der Waals surface area contributed by atoms with Crippen LogP contribution in [0.5, 0.6) is 0 Å². The molecule has 2 atom stereocenters. The van der Waals surface area contributed by atoms with E-state index < -0.39 is 0 Å². The van der Waals surface area contributed by atoms with Crippen LogP contribution in [0.15, 0.2) is 6.07 Å². The van der Waals surface area contributed by atoms with Gasteiger partial charge in [0.1, 0.15) is 11.8 Å². The van der Waals surface area contributed by atoms with E-state index in [1.807, 2.05) is 6.92 Å². The first-order chi connectivity index (χ1) is 8.10. The summed E-state index contributed by atoms with van der Waals surface area (Å²) in [6.07, 6.45) is 1.89. The molecule has 2 heterocycles. The fraction of sp³-hybridized carbons (Fsp3) is 0.583. The Labute approximate surface area is 101 Å². The molecule has 2 N–H and O–H groups in total. The lowest BCUT2D eigenvalue weighted by Crippen LogP contribution is -2.46. The predicted molar refractivity (Wildman–Crippen MR) is 65.5 cm³/mol. The smallest absolute Gasteiger partial charge is 0.227 e. The van der Waals surface area contributed by atoms with Crippen LogP contribution in [0.2, 0.25) is 0 Å². The van der Waals surface area contributed by atoms with E-state index in [2.05, 4.69) is 27.9 Å². The van der Waals surface area contributed by atoms with Gasteiger partial charge in [0, 0.05) is 24.3 Å². The summed E-state index contributed by atoms with van der Waals surface area (Å²) in [5.41, 5.74) is 7.18. The van der Waals surface area contributed by atoms with Gasteiger partial charge in [0.25, 0.3) is 0 Å². The van der Waals surface area contributed by atoms with Gasteiger partial charge in [0.2, 0.25) is 5.95 Å². The number of rotatable bonds is 1. The number of aryl methyl sites for hydroxylation is 1. The van der Waals surface area contributed by atoms with E-state index in [0.29, 0.717) is 17.7 Å². The fourth-order valence-corrected chi connectivity index (χ4v) is 2.24. The lowest BCUT2D eigenvalue weighted by atomic mass is 10.00. The molecular formula is C12H17N5. The Bertz CT molecular complexity index is 451. The zero-order valence-corrected chi connectivity index (χ0v) is 10.2. The molecule has 1 aliphatic rings. The molecule has 0 aromatic carbocycles. The van der Waals surface area contributed by atoms with Crippen molar-refractivity contribution < 1.29 is 0 Å². The van der Waals surface area contributed by atoms with Crippen molar-refractivity contribution in [1.29, 1.82) is 5.26 Å². The van der Waals surface area contributed by atoms with Crippen molar-refractivity contribution >= 4 is 5.95 Å². The monoisotopic (exact) mass is 231 g/mol. The van der Waals surface area contributed by atoms with E-state index in [1.54, 1.807) is 6.07 Å². The van der Waals surface area contributed by atoms with E-state index in [9.17, 15) is 0 Å². The molecule has 17 heavy (non-hydrogen) atoms. The van der Waals surface area contributed by atoms with Crippen molar-refractivity contribution in [2.24, 2.45) is 5.73 Å². The minimum atomic E-state index is 0.265. The number of anilines is 1. The number of hydrogen-bond donors (Lipinski definition) is 1. The Balaban J connectivity index is 2.28. The summed E-state index contributed by atoms with van der Waals surface area (Å²) in [7, 11) is 0. The van der Waals surface area contributed by atoms with Crippen LogP contribution < -0.4 is 10.6 Å². The molecule has 0 aliphatic carbocycles. The van der Waals surface area contributed by atoms with E-state index in [1.165, 1.54) is 0 Å². The highest BCUT2D eigenvalue weighted by Gasteiger charge is 2.25. The molecule has 0 radical (unpaired) electrons. The van der Waals surface area contributed by atoms with Crippen molar-refractivity contribution in [2.75, 3.05) is 11.4 Å². The minimum Gasteiger partial charge on any atom is -0.338 e. The van der Waals surface area contributed by atoms with Crippen LogP contribution >= 0.6 is 0 Å².